The Kier molecular flexibility index (Phi) is 4.90. The number of anilines is 1. The van der Waals surface area contributed by atoms with Crippen molar-refractivity contribution in [1.82, 2.24) is 10.3 Å². The normalized spacial score (nSPS) is 16.1. The van der Waals surface area contributed by atoms with Crippen molar-refractivity contribution in [2.75, 3.05) is 38.3 Å². The summed E-state index contributed by atoms with van der Waals surface area (Å²) in [6.45, 7) is 2.90. The van der Waals surface area contributed by atoms with Crippen molar-refractivity contribution in [3.63, 3.8) is 0 Å². The third-order valence-electron chi connectivity index (χ3n) is 4.03. The smallest absolute Gasteiger partial charge is 0.245 e. The Labute approximate surface area is 134 Å². The Morgan fingerprint density at radius 2 is 2.18 bits per heavy atom. The van der Waals surface area contributed by atoms with Gasteiger partial charge in [-0.25, -0.2) is 4.98 Å². The first-order valence-electron chi connectivity index (χ1n) is 7.62. The molecule has 1 aromatic carbocycles. The lowest BCUT2D eigenvalue weighted by molar-refractivity contribution is -0.124. The van der Waals surface area contributed by atoms with E-state index in [2.05, 4.69) is 28.4 Å². The first-order chi connectivity index (χ1) is 10.8. The number of fused-ring (bicyclic) bond motifs is 1. The fraction of sp³-hybridized carbons (Fsp3) is 0.500. The maximum atomic E-state index is 11.4. The second-order valence-electron chi connectivity index (χ2n) is 5.63. The summed E-state index contributed by atoms with van der Waals surface area (Å²) in [7, 11) is 1.54. The van der Waals surface area contributed by atoms with Gasteiger partial charge in [0.15, 0.2) is 5.13 Å². The van der Waals surface area contributed by atoms with Crippen LogP contribution in [0.25, 0.3) is 10.2 Å². The second kappa shape index (κ2) is 7.07. The molecule has 1 aliphatic heterocycles. The van der Waals surface area contributed by atoms with Crippen LogP contribution in [0.3, 0.4) is 0 Å². The van der Waals surface area contributed by atoms with Crippen molar-refractivity contribution >= 4 is 32.6 Å². The van der Waals surface area contributed by atoms with E-state index in [1.54, 1.807) is 11.3 Å². The van der Waals surface area contributed by atoms with Gasteiger partial charge in [-0.2, -0.15) is 0 Å². The van der Waals surface area contributed by atoms with Crippen LogP contribution < -0.4 is 10.2 Å². The Bertz CT molecular complexity index is 602. The van der Waals surface area contributed by atoms with Gasteiger partial charge in [-0.15, -0.1) is 0 Å². The molecule has 0 saturated carbocycles. The molecule has 0 bridgehead atoms. The predicted octanol–water partition coefficient (Wildman–Crippen LogP) is 2.28. The van der Waals surface area contributed by atoms with Crippen molar-refractivity contribution in [2.24, 2.45) is 5.92 Å². The SMILES string of the molecule is COCC(=O)NCC1CCN(c2nc3ccccc3s2)CC1. The first-order valence-corrected chi connectivity index (χ1v) is 8.44. The number of nitrogens with zero attached hydrogens (tertiary/aromatic N) is 2. The lowest BCUT2D eigenvalue weighted by atomic mass is 9.97. The molecule has 1 N–H and O–H groups in total. The Morgan fingerprint density at radius 1 is 1.41 bits per heavy atom. The average Bonchev–Trinajstić information content (AvgIpc) is 2.98. The molecule has 6 heteroatoms. The molecule has 0 aliphatic carbocycles. The minimum absolute atomic E-state index is 0.0314. The highest BCUT2D eigenvalue weighted by molar-refractivity contribution is 7.22. The van der Waals surface area contributed by atoms with Crippen LogP contribution in [-0.4, -0.2) is 44.2 Å². The molecule has 0 atom stereocenters. The lowest BCUT2D eigenvalue weighted by Gasteiger charge is -2.31. The summed E-state index contributed by atoms with van der Waals surface area (Å²) >= 11 is 1.76. The molecule has 1 amide bonds. The van der Waals surface area contributed by atoms with E-state index in [4.69, 9.17) is 9.72 Å². The molecule has 1 fully saturated rings. The van der Waals surface area contributed by atoms with Crippen LogP contribution >= 0.6 is 11.3 Å². The molecule has 1 aromatic heterocycles. The largest absolute Gasteiger partial charge is 0.375 e. The van der Waals surface area contributed by atoms with Gasteiger partial charge < -0.3 is 15.0 Å². The first kappa shape index (κ1) is 15.2. The maximum Gasteiger partial charge on any atom is 0.245 e. The molecule has 0 spiro atoms. The number of rotatable bonds is 5. The van der Waals surface area contributed by atoms with Crippen molar-refractivity contribution in [3.05, 3.63) is 24.3 Å². The van der Waals surface area contributed by atoms with E-state index in [9.17, 15) is 4.79 Å². The summed E-state index contributed by atoms with van der Waals surface area (Å²) in [5, 5.41) is 4.05. The highest BCUT2D eigenvalue weighted by atomic mass is 32.1. The van der Waals surface area contributed by atoms with Gasteiger partial charge in [-0.1, -0.05) is 23.5 Å². The number of ether oxygens (including phenoxy) is 1. The molecule has 2 aromatic rings. The molecule has 118 valence electrons. The van der Waals surface area contributed by atoms with Gasteiger partial charge in [0.25, 0.3) is 0 Å². The number of carbonyl (C=O) groups is 1. The Hall–Kier alpha value is -1.66. The molecular formula is C16H21N3O2S. The molecule has 1 saturated heterocycles. The van der Waals surface area contributed by atoms with Gasteiger partial charge in [0.05, 0.1) is 10.2 Å². The van der Waals surface area contributed by atoms with Crippen molar-refractivity contribution < 1.29 is 9.53 Å². The zero-order valence-corrected chi connectivity index (χ0v) is 13.6. The number of para-hydroxylation sites is 1. The van der Waals surface area contributed by atoms with Gasteiger partial charge >= 0.3 is 0 Å². The molecular weight excluding hydrogens is 298 g/mol. The molecule has 1 aliphatic rings. The number of benzene rings is 1. The topological polar surface area (TPSA) is 54.5 Å². The van der Waals surface area contributed by atoms with Crippen LogP contribution in [0.4, 0.5) is 5.13 Å². The zero-order chi connectivity index (χ0) is 15.4. The summed E-state index contributed by atoms with van der Waals surface area (Å²) in [6, 6.07) is 8.27. The van der Waals surface area contributed by atoms with Crippen molar-refractivity contribution in [1.29, 1.82) is 0 Å². The number of carbonyl (C=O) groups excluding carboxylic acids is 1. The van der Waals surface area contributed by atoms with E-state index < -0.39 is 0 Å². The molecule has 3 rings (SSSR count). The zero-order valence-electron chi connectivity index (χ0n) is 12.7. The minimum Gasteiger partial charge on any atom is -0.375 e. The Balaban J connectivity index is 1.52. The Morgan fingerprint density at radius 3 is 2.91 bits per heavy atom. The summed E-state index contributed by atoms with van der Waals surface area (Å²) in [6.07, 6.45) is 2.17. The number of amides is 1. The van der Waals surface area contributed by atoms with E-state index in [-0.39, 0.29) is 12.5 Å². The molecule has 0 unspecified atom stereocenters. The van der Waals surface area contributed by atoms with Crippen LogP contribution in [0.15, 0.2) is 24.3 Å². The van der Waals surface area contributed by atoms with Gasteiger partial charge in [0, 0.05) is 26.7 Å². The number of thiazole rings is 1. The van der Waals surface area contributed by atoms with Crippen LogP contribution in [0.1, 0.15) is 12.8 Å². The van der Waals surface area contributed by atoms with Crippen LogP contribution in [0.5, 0.6) is 0 Å². The highest BCUT2D eigenvalue weighted by Gasteiger charge is 2.21. The van der Waals surface area contributed by atoms with E-state index in [0.717, 1.165) is 43.1 Å². The van der Waals surface area contributed by atoms with E-state index >= 15 is 0 Å². The number of hydrogen-bond donors (Lipinski definition) is 1. The van der Waals surface area contributed by atoms with Gasteiger partial charge in [0.1, 0.15) is 6.61 Å². The highest BCUT2D eigenvalue weighted by Crippen LogP contribution is 2.31. The van der Waals surface area contributed by atoms with E-state index in [0.29, 0.717) is 5.92 Å². The molecule has 2 heterocycles. The fourth-order valence-electron chi connectivity index (χ4n) is 2.76. The van der Waals surface area contributed by atoms with Crippen LogP contribution in [0.2, 0.25) is 0 Å². The van der Waals surface area contributed by atoms with Gasteiger partial charge in [-0.05, 0) is 30.9 Å². The quantitative estimate of drug-likeness (QED) is 0.918. The number of aromatic nitrogens is 1. The van der Waals surface area contributed by atoms with Gasteiger partial charge in [0.2, 0.25) is 5.91 Å². The number of methoxy groups -OCH3 is 1. The van der Waals surface area contributed by atoms with Crippen LogP contribution in [0, 0.1) is 5.92 Å². The van der Waals surface area contributed by atoms with E-state index in [1.165, 1.54) is 11.8 Å². The van der Waals surface area contributed by atoms with E-state index in [1.807, 2.05) is 6.07 Å². The summed E-state index contributed by atoms with van der Waals surface area (Å²) in [5.74, 6) is 0.516. The summed E-state index contributed by atoms with van der Waals surface area (Å²) in [4.78, 5) is 18.5. The maximum absolute atomic E-state index is 11.4. The minimum atomic E-state index is -0.0314. The number of nitrogens with one attached hydrogen (secondary N) is 1. The lowest BCUT2D eigenvalue weighted by Crippen LogP contribution is -2.39. The third-order valence-corrected chi connectivity index (χ3v) is 5.13. The third kappa shape index (κ3) is 3.56. The summed E-state index contributed by atoms with van der Waals surface area (Å²) < 4.78 is 6.06. The second-order valence-corrected chi connectivity index (χ2v) is 6.64. The van der Waals surface area contributed by atoms with Crippen molar-refractivity contribution in [3.8, 4) is 0 Å². The fourth-order valence-corrected chi connectivity index (χ4v) is 3.78. The molecule has 0 radical (unpaired) electrons. The predicted molar refractivity (Wildman–Crippen MR) is 89.4 cm³/mol. The number of piperidine rings is 1. The summed E-state index contributed by atoms with van der Waals surface area (Å²) in [5.41, 5.74) is 1.08. The molecule has 5 nitrogen and oxygen atoms in total. The van der Waals surface area contributed by atoms with Gasteiger partial charge in [-0.3, -0.25) is 4.79 Å². The monoisotopic (exact) mass is 319 g/mol. The standard InChI is InChI=1S/C16H21N3O2S/c1-21-11-15(20)17-10-12-6-8-19(9-7-12)16-18-13-4-2-3-5-14(13)22-16/h2-5,12H,6-11H2,1H3,(H,17,20). The number of hydrogen-bond acceptors (Lipinski definition) is 5. The molecule has 22 heavy (non-hydrogen) atoms. The average molecular weight is 319 g/mol. The van der Waals surface area contributed by atoms with Crippen molar-refractivity contribution in [2.45, 2.75) is 12.8 Å². The van der Waals surface area contributed by atoms with Crippen LogP contribution in [-0.2, 0) is 9.53 Å².